The Balaban J connectivity index is 1.26. The molecular formula is C34H40FN5O. The van der Waals surface area contributed by atoms with E-state index in [0.29, 0.717) is 12.1 Å². The van der Waals surface area contributed by atoms with Gasteiger partial charge in [0, 0.05) is 51.3 Å². The summed E-state index contributed by atoms with van der Waals surface area (Å²) in [6.07, 6.45) is 6.21. The van der Waals surface area contributed by atoms with E-state index in [-0.39, 0.29) is 17.6 Å². The van der Waals surface area contributed by atoms with Gasteiger partial charge in [-0.05, 0) is 74.8 Å². The van der Waals surface area contributed by atoms with E-state index in [9.17, 15) is 9.18 Å². The number of anilines is 1. The molecule has 4 aromatic rings. The van der Waals surface area contributed by atoms with Gasteiger partial charge in [0.1, 0.15) is 5.82 Å². The molecule has 5 rings (SSSR count). The van der Waals surface area contributed by atoms with Gasteiger partial charge in [0.25, 0.3) is 5.91 Å². The number of imidazole rings is 1. The minimum absolute atomic E-state index is 0.00364. The largest absolute Gasteiger partial charge is 0.341 e. The number of hydrogen-bond donors (Lipinski definition) is 0. The van der Waals surface area contributed by atoms with E-state index in [1.807, 2.05) is 55.6 Å². The van der Waals surface area contributed by atoms with Crippen LogP contribution in [0, 0.1) is 5.82 Å². The van der Waals surface area contributed by atoms with E-state index in [1.165, 1.54) is 12.1 Å². The number of halogens is 1. The van der Waals surface area contributed by atoms with Crippen molar-refractivity contribution in [1.29, 1.82) is 0 Å². The van der Waals surface area contributed by atoms with Gasteiger partial charge in [-0.2, -0.15) is 0 Å². The molecule has 1 amide bonds. The summed E-state index contributed by atoms with van der Waals surface area (Å²) in [5, 5.41) is 0. The molecule has 0 N–H and O–H groups in total. The van der Waals surface area contributed by atoms with Crippen molar-refractivity contribution >= 4 is 22.9 Å². The zero-order valence-electron chi connectivity index (χ0n) is 24.1. The van der Waals surface area contributed by atoms with Crippen molar-refractivity contribution in [3.05, 3.63) is 108 Å². The summed E-state index contributed by atoms with van der Waals surface area (Å²) in [4.78, 5) is 24.8. The lowest BCUT2D eigenvalue weighted by Gasteiger charge is -2.28. The smallest absolute Gasteiger partial charge is 0.253 e. The second-order valence-electron chi connectivity index (χ2n) is 10.9. The minimum Gasteiger partial charge on any atom is -0.341 e. The highest BCUT2D eigenvalue weighted by atomic mass is 19.1. The summed E-state index contributed by atoms with van der Waals surface area (Å²) in [5.74, 6) is 0.909. The maximum absolute atomic E-state index is 13.7. The minimum atomic E-state index is -0.241. The second kappa shape index (κ2) is 13.6. The van der Waals surface area contributed by atoms with E-state index in [1.54, 1.807) is 4.90 Å². The molecule has 1 aliphatic heterocycles. The van der Waals surface area contributed by atoms with Gasteiger partial charge < -0.3 is 19.3 Å². The van der Waals surface area contributed by atoms with Crippen LogP contribution >= 0.6 is 0 Å². The first-order valence-corrected chi connectivity index (χ1v) is 14.6. The number of para-hydroxylation sites is 2. The van der Waals surface area contributed by atoms with Crippen molar-refractivity contribution in [3.63, 3.8) is 0 Å². The van der Waals surface area contributed by atoms with E-state index < -0.39 is 0 Å². The van der Waals surface area contributed by atoms with Crippen LogP contribution < -0.4 is 4.90 Å². The van der Waals surface area contributed by atoms with Gasteiger partial charge in [-0.1, -0.05) is 54.6 Å². The van der Waals surface area contributed by atoms with Crippen LogP contribution in [0.5, 0.6) is 0 Å². The molecule has 1 saturated heterocycles. The third-order valence-corrected chi connectivity index (χ3v) is 8.03. The number of nitrogens with zero attached hydrogens (tertiary/aromatic N) is 5. The molecule has 3 aromatic carbocycles. The summed E-state index contributed by atoms with van der Waals surface area (Å²) in [5.41, 5.74) is 3.94. The number of hydrogen-bond acceptors (Lipinski definition) is 4. The van der Waals surface area contributed by atoms with Crippen molar-refractivity contribution in [2.75, 3.05) is 51.2 Å². The topological polar surface area (TPSA) is 44.6 Å². The van der Waals surface area contributed by atoms with Crippen LogP contribution in [0.25, 0.3) is 11.0 Å². The average molecular weight is 554 g/mol. The number of carbonyl (C=O) groups is 1. The predicted molar refractivity (Wildman–Crippen MR) is 165 cm³/mol. The van der Waals surface area contributed by atoms with Gasteiger partial charge in [0.05, 0.1) is 11.0 Å². The van der Waals surface area contributed by atoms with Crippen LogP contribution in [0.4, 0.5) is 10.3 Å². The maximum Gasteiger partial charge on any atom is 0.253 e. The van der Waals surface area contributed by atoms with Gasteiger partial charge in [-0.25, -0.2) is 9.37 Å². The molecule has 0 spiro atoms. The lowest BCUT2D eigenvalue weighted by molar-refractivity contribution is 0.0782. The van der Waals surface area contributed by atoms with Gasteiger partial charge >= 0.3 is 0 Å². The van der Waals surface area contributed by atoms with Gasteiger partial charge in [-0.3, -0.25) is 4.79 Å². The lowest BCUT2D eigenvalue weighted by atomic mass is 9.94. The molecule has 0 aliphatic carbocycles. The summed E-state index contributed by atoms with van der Waals surface area (Å²) >= 11 is 0. The number of fused-ring (bicyclic) bond motifs is 1. The summed E-state index contributed by atoms with van der Waals surface area (Å²) < 4.78 is 16.1. The molecule has 7 heteroatoms. The molecule has 0 saturated carbocycles. The van der Waals surface area contributed by atoms with E-state index >= 15 is 0 Å². The van der Waals surface area contributed by atoms with Crippen LogP contribution in [-0.2, 0) is 6.54 Å². The van der Waals surface area contributed by atoms with Crippen LogP contribution in [0.1, 0.15) is 41.6 Å². The summed E-state index contributed by atoms with van der Waals surface area (Å²) in [6, 6.07) is 24.5. The molecule has 0 radical (unpaired) electrons. The normalized spacial score (nSPS) is 15.3. The predicted octanol–water partition coefficient (Wildman–Crippen LogP) is 6.21. The Morgan fingerprint density at radius 3 is 2.51 bits per heavy atom. The standard InChI is InChI=1S/C34H40FN5O/c1-3-4-22-40-32-14-9-8-13-31(32)36-34(40)39-21-10-20-38(24-25-39)23-19-29(27-15-17-30(35)18-16-27)26-37(2)33(41)28-11-6-5-7-12-28/h3-9,11-18,29H,10,19-26H2,1-2H3. The highest BCUT2D eigenvalue weighted by Gasteiger charge is 2.23. The molecule has 214 valence electrons. The fourth-order valence-corrected chi connectivity index (χ4v) is 5.74. The van der Waals surface area contributed by atoms with Gasteiger partial charge in [-0.15, -0.1) is 0 Å². The first-order chi connectivity index (χ1) is 20.0. The molecule has 1 aromatic heterocycles. The third kappa shape index (κ3) is 7.03. The van der Waals surface area contributed by atoms with Crippen LogP contribution in [0.2, 0.25) is 0 Å². The molecular weight excluding hydrogens is 513 g/mol. The Hall–Kier alpha value is -3.97. The number of amides is 1. The van der Waals surface area contributed by atoms with Crippen LogP contribution in [0.3, 0.4) is 0 Å². The zero-order chi connectivity index (χ0) is 28.6. The number of benzene rings is 3. The highest BCUT2D eigenvalue weighted by molar-refractivity contribution is 5.94. The Labute approximate surface area is 242 Å². The molecule has 1 fully saturated rings. The monoisotopic (exact) mass is 553 g/mol. The SMILES string of the molecule is CC=CCn1c(N2CCCN(CCC(CN(C)C(=O)c3ccccc3)c3ccc(F)cc3)CC2)nc2ccccc21. The number of aromatic nitrogens is 2. The van der Waals surface area contributed by atoms with Crippen molar-refractivity contribution in [2.45, 2.75) is 32.2 Å². The van der Waals surface area contributed by atoms with Crippen molar-refractivity contribution < 1.29 is 9.18 Å². The highest BCUT2D eigenvalue weighted by Crippen LogP contribution is 2.26. The Morgan fingerprint density at radius 1 is 0.976 bits per heavy atom. The summed E-state index contributed by atoms with van der Waals surface area (Å²) in [7, 11) is 1.86. The van der Waals surface area contributed by atoms with E-state index in [0.717, 1.165) is 74.7 Å². The maximum atomic E-state index is 13.7. The fraction of sp³-hybridized carbons (Fsp3) is 0.353. The van der Waals surface area contributed by atoms with Gasteiger partial charge in [0.2, 0.25) is 5.95 Å². The van der Waals surface area contributed by atoms with E-state index in [2.05, 4.69) is 51.6 Å². The Bertz CT molecular complexity index is 1450. The number of likely N-dealkylation sites (N-methyl/N-ethyl adjacent to an activating group) is 1. The van der Waals surface area contributed by atoms with Crippen molar-refractivity contribution in [3.8, 4) is 0 Å². The number of allylic oxidation sites excluding steroid dienone is 2. The number of carbonyl (C=O) groups excluding carboxylic acids is 1. The molecule has 1 atom stereocenters. The quantitative estimate of drug-likeness (QED) is 0.219. The first kappa shape index (κ1) is 28.6. The van der Waals surface area contributed by atoms with E-state index in [4.69, 9.17) is 4.98 Å². The summed E-state index contributed by atoms with van der Waals surface area (Å²) in [6.45, 7) is 8.19. The van der Waals surface area contributed by atoms with Crippen molar-refractivity contribution in [1.82, 2.24) is 19.4 Å². The third-order valence-electron chi connectivity index (χ3n) is 8.03. The van der Waals surface area contributed by atoms with Crippen LogP contribution in [0.15, 0.2) is 91.0 Å². The second-order valence-corrected chi connectivity index (χ2v) is 10.9. The Kier molecular flexibility index (Phi) is 9.47. The average Bonchev–Trinajstić information content (AvgIpc) is 3.20. The molecule has 6 nitrogen and oxygen atoms in total. The van der Waals surface area contributed by atoms with Gasteiger partial charge in [0.15, 0.2) is 0 Å². The fourth-order valence-electron chi connectivity index (χ4n) is 5.74. The van der Waals surface area contributed by atoms with Crippen LogP contribution in [-0.4, -0.2) is 71.6 Å². The zero-order valence-corrected chi connectivity index (χ0v) is 24.1. The number of rotatable bonds is 10. The molecule has 41 heavy (non-hydrogen) atoms. The first-order valence-electron chi connectivity index (χ1n) is 14.6. The molecule has 1 aliphatic rings. The molecule has 0 bridgehead atoms. The Morgan fingerprint density at radius 2 is 1.73 bits per heavy atom. The lowest BCUT2D eigenvalue weighted by Crippen LogP contribution is -2.35. The molecule has 1 unspecified atom stereocenters. The van der Waals surface area contributed by atoms with Crippen molar-refractivity contribution in [2.24, 2.45) is 0 Å². The molecule has 2 heterocycles.